The molecule has 1 aliphatic rings. The summed E-state index contributed by atoms with van der Waals surface area (Å²) >= 11 is 0. The van der Waals surface area contributed by atoms with Gasteiger partial charge in [-0.3, -0.25) is 14.9 Å². The first kappa shape index (κ1) is 16.6. The molecule has 8 nitrogen and oxygen atoms in total. The van der Waals surface area contributed by atoms with Crippen LogP contribution in [0.1, 0.15) is 5.56 Å². The summed E-state index contributed by atoms with van der Waals surface area (Å²) in [7, 11) is 0. The lowest BCUT2D eigenvalue weighted by Gasteiger charge is -2.19. The van der Waals surface area contributed by atoms with E-state index >= 15 is 0 Å². The van der Waals surface area contributed by atoms with Gasteiger partial charge in [0.05, 0.1) is 4.92 Å². The molecule has 25 heavy (non-hydrogen) atoms. The Bertz CT molecular complexity index is 821. The molecule has 0 saturated carbocycles. The maximum atomic E-state index is 12.0. The van der Waals surface area contributed by atoms with Gasteiger partial charge in [-0.1, -0.05) is 0 Å². The number of fused-ring (bicyclic) bond motifs is 1. The summed E-state index contributed by atoms with van der Waals surface area (Å²) in [5, 5.41) is 13.5. The third kappa shape index (κ3) is 3.97. The van der Waals surface area contributed by atoms with Crippen LogP contribution in [0.5, 0.6) is 17.2 Å². The van der Waals surface area contributed by atoms with E-state index in [1.54, 1.807) is 25.1 Å². The van der Waals surface area contributed by atoms with E-state index in [-0.39, 0.29) is 18.2 Å². The Hall–Kier alpha value is -3.29. The van der Waals surface area contributed by atoms with Gasteiger partial charge in [-0.05, 0) is 31.2 Å². The lowest BCUT2D eigenvalue weighted by Crippen LogP contribution is -2.20. The highest BCUT2D eigenvalue weighted by atomic mass is 16.6. The molecular weight excluding hydrogens is 328 g/mol. The van der Waals surface area contributed by atoms with Crippen LogP contribution >= 0.6 is 0 Å². The van der Waals surface area contributed by atoms with Crippen molar-refractivity contribution in [2.45, 2.75) is 6.92 Å². The molecule has 0 unspecified atom stereocenters. The average molecular weight is 344 g/mol. The molecule has 1 aliphatic heterocycles. The second kappa shape index (κ2) is 7.08. The molecule has 0 fully saturated rings. The van der Waals surface area contributed by atoms with E-state index in [2.05, 4.69) is 5.32 Å². The minimum atomic E-state index is -0.465. The van der Waals surface area contributed by atoms with Crippen LogP contribution in [0.4, 0.5) is 11.4 Å². The van der Waals surface area contributed by atoms with Crippen molar-refractivity contribution in [2.75, 3.05) is 25.1 Å². The van der Waals surface area contributed by atoms with Crippen LogP contribution in [0, 0.1) is 17.0 Å². The molecule has 0 bridgehead atoms. The Morgan fingerprint density at radius 2 is 1.96 bits per heavy atom. The van der Waals surface area contributed by atoms with Crippen molar-refractivity contribution in [1.82, 2.24) is 0 Å². The quantitative estimate of drug-likeness (QED) is 0.661. The lowest BCUT2D eigenvalue weighted by atomic mass is 10.2. The smallest absolute Gasteiger partial charge is 0.272 e. The number of amides is 1. The van der Waals surface area contributed by atoms with Gasteiger partial charge in [0, 0.05) is 23.4 Å². The molecule has 0 atom stereocenters. The molecule has 0 aliphatic carbocycles. The van der Waals surface area contributed by atoms with Crippen molar-refractivity contribution in [3.05, 3.63) is 52.1 Å². The van der Waals surface area contributed by atoms with Crippen molar-refractivity contribution in [1.29, 1.82) is 0 Å². The zero-order valence-electron chi connectivity index (χ0n) is 13.5. The fourth-order valence-electron chi connectivity index (χ4n) is 2.39. The van der Waals surface area contributed by atoms with E-state index in [0.717, 1.165) is 0 Å². The number of carbonyl (C=O) groups is 1. The van der Waals surface area contributed by atoms with Gasteiger partial charge in [0.2, 0.25) is 0 Å². The normalized spacial score (nSPS) is 12.4. The van der Waals surface area contributed by atoms with Crippen LogP contribution in [0.3, 0.4) is 0 Å². The molecule has 0 saturated heterocycles. The number of hydrogen-bond acceptors (Lipinski definition) is 6. The van der Waals surface area contributed by atoms with Gasteiger partial charge in [0.15, 0.2) is 18.1 Å². The van der Waals surface area contributed by atoms with Crippen molar-refractivity contribution < 1.29 is 23.9 Å². The largest absolute Gasteiger partial charge is 0.486 e. The Balaban J connectivity index is 1.58. The van der Waals surface area contributed by atoms with Crippen LogP contribution in [0.15, 0.2) is 36.4 Å². The van der Waals surface area contributed by atoms with Gasteiger partial charge in [-0.2, -0.15) is 0 Å². The first-order valence-corrected chi connectivity index (χ1v) is 7.60. The molecule has 1 heterocycles. The summed E-state index contributed by atoms with van der Waals surface area (Å²) in [5.41, 5.74) is 1.04. The Labute approximate surface area is 143 Å². The zero-order chi connectivity index (χ0) is 17.8. The Morgan fingerprint density at radius 3 is 2.68 bits per heavy atom. The topological polar surface area (TPSA) is 99.9 Å². The number of nitrogens with zero attached hydrogens (tertiary/aromatic N) is 1. The summed E-state index contributed by atoms with van der Waals surface area (Å²) in [6.45, 7) is 2.36. The molecular formula is C17H16N2O6. The molecule has 2 aromatic carbocycles. The van der Waals surface area contributed by atoms with E-state index in [1.165, 1.54) is 18.2 Å². The fraction of sp³-hybridized carbons (Fsp3) is 0.235. The molecule has 0 radical (unpaired) electrons. The molecule has 0 spiro atoms. The van der Waals surface area contributed by atoms with Crippen LogP contribution in [-0.2, 0) is 4.79 Å². The van der Waals surface area contributed by atoms with Crippen LogP contribution in [0.25, 0.3) is 0 Å². The van der Waals surface area contributed by atoms with Crippen LogP contribution in [-0.4, -0.2) is 30.7 Å². The zero-order valence-corrected chi connectivity index (χ0v) is 13.5. The van der Waals surface area contributed by atoms with Gasteiger partial charge in [-0.25, -0.2) is 0 Å². The minimum Gasteiger partial charge on any atom is -0.486 e. The number of nitrogens with one attached hydrogen (secondary N) is 1. The van der Waals surface area contributed by atoms with Crippen molar-refractivity contribution in [3.63, 3.8) is 0 Å². The predicted octanol–water partition coefficient (Wildman–Crippen LogP) is 2.69. The van der Waals surface area contributed by atoms with Gasteiger partial charge in [0.25, 0.3) is 11.6 Å². The molecule has 1 N–H and O–H groups in total. The van der Waals surface area contributed by atoms with Crippen molar-refractivity contribution >= 4 is 17.3 Å². The number of hydrogen-bond donors (Lipinski definition) is 1. The average Bonchev–Trinajstić information content (AvgIpc) is 2.59. The number of anilines is 1. The molecule has 3 rings (SSSR count). The number of benzene rings is 2. The van der Waals surface area contributed by atoms with E-state index in [9.17, 15) is 14.9 Å². The van der Waals surface area contributed by atoms with Gasteiger partial charge >= 0.3 is 0 Å². The molecule has 130 valence electrons. The Morgan fingerprint density at radius 1 is 1.20 bits per heavy atom. The summed E-state index contributed by atoms with van der Waals surface area (Å²) in [5.74, 6) is 1.26. The van der Waals surface area contributed by atoms with Crippen molar-refractivity contribution in [3.8, 4) is 17.2 Å². The SMILES string of the molecule is Cc1cc(OCC(=O)Nc2ccc3c(c2)OCCO3)ccc1[N+](=O)[O-]. The minimum absolute atomic E-state index is 0.00748. The van der Waals surface area contributed by atoms with Gasteiger partial charge < -0.3 is 19.5 Å². The molecule has 8 heteroatoms. The fourth-order valence-corrected chi connectivity index (χ4v) is 2.39. The molecule has 0 aromatic heterocycles. The first-order valence-electron chi connectivity index (χ1n) is 7.60. The standard InChI is InChI=1S/C17H16N2O6/c1-11-8-13(3-4-14(11)19(21)22)25-10-17(20)18-12-2-5-15-16(9-12)24-7-6-23-15/h2-5,8-9H,6-7,10H2,1H3,(H,18,20). The highest BCUT2D eigenvalue weighted by Crippen LogP contribution is 2.32. The molecule has 2 aromatic rings. The maximum absolute atomic E-state index is 12.0. The summed E-state index contributed by atoms with van der Waals surface area (Å²) in [6, 6.07) is 9.45. The van der Waals surface area contributed by atoms with E-state index in [1.807, 2.05) is 0 Å². The summed E-state index contributed by atoms with van der Waals surface area (Å²) in [4.78, 5) is 22.3. The third-order valence-electron chi connectivity index (χ3n) is 3.56. The second-order valence-electron chi connectivity index (χ2n) is 5.40. The monoisotopic (exact) mass is 344 g/mol. The highest BCUT2D eigenvalue weighted by molar-refractivity contribution is 5.92. The number of carbonyl (C=O) groups excluding carboxylic acids is 1. The van der Waals surface area contributed by atoms with E-state index in [0.29, 0.717) is 41.7 Å². The predicted molar refractivity (Wildman–Crippen MR) is 89.4 cm³/mol. The number of ether oxygens (including phenoxy) is 3. The maximum Gasteiger partial charge on any atom is 0.272 e. The summed E-state index contributed by atoms with van der Waals surface area (Å²) in [6.07, 6.45) is 0. The molecule has 1 amide bonds. The Kier molecular flexibility index (Phi) is 4.69. The summed E-state index contributed by atoms with van der Waals surface area (Å²) < 4.78 is 16.2. The first-order chi connectivity index (χ1) is 12.0. The van der Waals surface area contributed by atoms with E-state index < -0.39 is 4.92 Å². The number of rotatable bonds is 5. The van der Waals surface area contributed by atoms with Crippen molar-refractivity contribution in [2.24, 2.45) is 0 Å². The highest BCUT2D eigenvalue weighted by Gasteiger charge is 2.14. The number of aryl methyl sites for hydroxylation is 1. The number of nitro benzene ring substituents is 1. The number of nitro groups is 1. The second-order valence-corrected chi connectivity index (χ2v) is 5.40. The third-order valence-corrected chi connectivity index (χ3v) is 3.56. The van der Waals surface area contributed by atoms with E-state index in [4.69, 9.17) is 14.2 Å². The van der Waals surface area contributed by atoms with Crippen LogP contribution in [0.2, 0.25) is 0 Å². The van der Waals surface area contributed by atoms with Gasteiger partial charge in [-0.15, -0.1) is 0 Å². The van der Waals surface area contributed by atoms with Crippen LogP contribution < -0.4 is 19.5 Å². The van der Waals surface area contributed by atoms with Gasteiger partial charge in [0.1, 0.15) is 19.0 Å². The lowest BCUT2D eigenvalue weighted by molar-refractivity contribution is -0.385.